The van der Waals surface area contributed by atoms with Crippen LogP contribution >= 0.6 is 0 Å². The molecule has 0 aromatic carbocycles. The van der Waals surface area contributed by atoms with E-state index in [4.69, 9.17) is 0 Å². The lowest BCUT2D eigenvalue weighted by molar-refractivity contribution is 0.119. The summed E-state index contributed by atoms with van der Waals surface area (Å²) in [6.45, 7) is 2.90. The van der Waals surface area contributed by atoms with Crippen molar-refractivity contribution in [2.24, 2.45) is 5.92 Å². The molecule has 126 valence electrons. The zero-order chi connectivity index (χ0) is 17.1. The van der Waals surface area contributed by atoms with E-state index in [9.17, 15) is 14.3 Å². The van der Waals surface area contributed by atoms with E-state index in [0.717, 1.165) is 6.42 Å². The summed E-state index contributed by atoms with van der Waals surface area (Å²) in [4.78, 5) is 24.7. The summed E-state index contributed by atoms with van der Waals surface area (Å²) in [5, 5.41) is 12.3. The van der Waals surface area contributed by atoms with Gasteiger partial charge in [0, 0.05) is 31.5 Å². The zero-order valence-electron chi connectivity index (χ0n) is 13.2. The van der Waals surface area contributed by atoms with Crippen LogP contribution in [-0.2, 0) is 0 Å². The van der Waals surface area contributed by atoms with Crippen molar-refractivity contribution >= 4 is 12.0 Å². The average molecular weight is 331 g/mol. The molecule has 0 spiro atoms. The molecule has 24 heavy (non-hydrogen) atoms. The number of carboxylic acid groups (broad SMARTS) is 1. The highest BCUT2D eigenvalue weighted by Crippen LogP contribution is 2.22. The molecule has 1 aliphatic heterocycles. The number of carbonyl (C=O) groups is 1. The van der Waals surface area contributed by atoms with Crippen LogP contribution in [0, 0.1) is 11.9 Å². The lowest BCUT2D eigenvalue weighted by atomic mass is 9.96. The van der Waals surface area contributed by atoms with Crippen molar-refractivity contribution < 1.29 is 14.3 Å². The molecule has 1 fully saturated rings. The van der Waals surface area contributed by atoms with Gasteiger partial charge >= 0.3 is 6.09 Å². The second-order valence-electron chi connectivity index (χ2n) is 5.98. The van der Waals surface area contributed by atoms with Gasteiger partial charge in [0.2, 0.25) is 11.9 Å². The van der Waals surface area contributed by atoms with Gasteiger partial charge in [-0.05, 0) is 30.5 Å². The minimum atomic E-state index is -0.930. The number of hydrogen-bond donors (Lipinski definition) is 2. The molecular formula is C16H18FN5O2. The molecule has 0 bridgehead atoms. The van der Waals surface area contributed by atoms with Crippen molar-refractivity contribution in [3.8, 4) is 11.3 Å². The molecule has 0 radical (unpaired) electrons. The number of piperidine rings is 1. The van der Waals surface area contributed by atoms with Crippen molar-refractivity contribution in [2.75, 3.05) is 18.4 Å². The van der Waals surface area contributed by atoms with E-state index in [1.807, 2.05) is 6.92 Å². The SMILES string of the molecule is CC1CC(Nc2nccc(-c3cccnc3F)n2)CN(C(=O)O)C1. The van der Waals surface area contributed by atoms with Crippen LogP contribution in [0.1, 0.15) is 13.3 Å². The van der Waals surface area contributed by atoms with Crippen LogP contribution in [0.15, 0.2) is 30.6 Å². The Labute approximate surface area is 138 Å². The van der Waals surface area contributed by atoms with Gasteiger partial charge in [-0.1, -0.05) is 6.92 Å². The molecule has 0 aliphatic carbocycles. The summed E-state index contributed by atoms with van der Waals surface area (Å²) in [5.74, 6) is -0.00279. The molecule has 1 amide bonds. The van der Waals surface area contributed by atoms with E-state index in [2.05, 4.69) is 20.3 Å². The van der Waals surface area contributed by atoms with Gasteiger partial charge in [0.05, 0.1) is 11.3 Å². The van der Waals surface area contributed by atoms with E-state index >= 15 is 0 Å². The maximum Gasteiger partial charge on any atom is 0.407 e. The van der Waals surface area contributed by atoms with Crippen molar-refractivity contribution in [2.45, 2.75) is 19.4 Å². The standard InChI is InChI=1S/C16H18FN5O2/c1-10-7-11(9-22(8-10)16(23)24)20-15-19-6-4-13(21-15)12-3-2-5-18-14(12)17/h2-6,10-11H,7-9H2,1H3,(H,23,24)(H,19,20,21). The summed E-state index contributed by atoms with van der Waals surface area (Å²) in [6.07, 6.45) is 2.81. The van der Waals surface area contributed by atoms with Gasteiger partial charge in [-0.3, -0.25) is 0 Å². The Morgan fingerprint density at radius 1 is 1.33 bits per heavy atom. The number of nitrogens with zero attached hydrogens (tertiary/aromatic N) is 4. The van der Waals surface area contributed by atoms with Crippen LogP contribution in [0.2, 0.25) is 0 Å². The number of nitrogens with one attached hydrogen (secondary N) is 1. The first-order valence-electron chi connectivity index (χ1n) is 7.71. The van der Waals surface area contributed by atoms with E-state index in [-0.39, 0.29) is 12.0 Å². The first-order valence-corrected chi connectivity index (χ1v) is 7.71. The van der Waals surface area contributed by atoms with Crippen molar-refractivity contribution in [1.29, 1.82) is 0 Å². The van der Waals surface area contributed by atoms with Gasteiger partial charge in [0.1, 0.15) is 0 Å². The van der Waals surface area contributed by atoms with Crippen LogP contribution in [0.25, 0.3) is 11.3 Å². The van der Waals surface area contributed by atoms with Gasteiger partial charge < -0.3 is 15.3 Å². The third-order valence-corrected chi connectivity index (χ3v) is 3.95. The number of hydrogen-bond acceptors (Lipinski definition) is 5. The smallest absolute Gasteiger partial charge is 0.407 e. The van der Waals surface area contributed by atoms with Gasteiger partial charge in [-0.2, -0.15) is 4.39 Å². The second-order valence-corrected chi connectivity index (χ2v) is 5.98. The molecule has 3 heterocycles. The predicted molar refractivity (Wildman–Crippen MR) is 86.0 cm³/mol. The molecule has 7 nitrogen and oxygen atoms in total. The van der Waals surface area contributed by atoms with Crippen LogP contribution in [0.4, 0.5) is 15.1 Å². The molecule has 1 aliphatic rings. The maximum absolute atomic E-state index is 13.8. The molecule has 1 saturated heterocycles. The molecule has 2 aromatic heterocycles. The van der Waals surface area contributed by atoms with E-state index in [0.29, 0.717) is 30.3 Å². The highest BCUT2D eigenvalue weighted by atomic mass is 19.1. The Morgan fingerprint density at radius 3 is 2.92 bits per heavy atom. The summed E-state index contributed by atoms with van der Waals surface area (Å²) < 4.78 is 13.8. The third kappa shape index (κ3) is 3.58. The quantitative estimate of drug-likeness (QED) is 0.840. The summed E-state index contributed by atoms with van der Waals surface area (Å²) in [6, 6.07) is 4.77. The molecular weight excluding hydrogens is 313 g/mol. The lowest BCUT2D eigenvalue weighted by Gasteiger charge is -2.35. The Bertz CT molecular complexity index is 742. The Hall–Kier alpha value is -2.77. The molecule has 0 saturated carbocycles. The fraction of sp³-hybridized carbons (Fsp3) is 0.375. The minimum absolute atomic E-state index is 0.0844. The Morgan fingerprint density at radius 2 is 2.17 bits per heavy atom. The highest BCUT2D eigenvalue weighted by Gasteiger charge is 2.28. The number of amides is 1. The van der Waals surface area contributed by atoms with Crippen LogP contribution in [0.3, 0.4) is 0 Å². The molecule has 2 N–H and O–H groups in total. The zero-order valence-corrected chi connectivity index (χ0v) is 13.2. The number of pyridine rings is 1. The number of anilines is 1. The third-order valence-electron chi connectivity index (χ3n) is 3.95. The number of likely N-dealkylation sites (tertiary alicyclic amines) is 1. The molecule has 2 aromatic rings. The van der Waals surface area contributed by atoms with Crippen molar-refractivity contribution in [3.63, 3.8) is 0 Å². The first kappa shape index (κ1) is 16.1. The largest absolute Gasteiger partial charge is 0.465 e. The Kier molecular flexibility index (Phi) is 4.54. The summed E-state index contributed by atoms with van der Waals surface area (Å²) >= 11 is 0. The van der Waals surface area contributed by atoms with E-state index < -0.39 is 12.0 Å². The van der Waals surface area contributed by atoms with Gasteiger partial charge in [0.15, 0.2) is 0 Å². The van der Waals surface area contributed by atoms with E-state index in [1.54, 1.807) is 24.4 Å². The van der Waals surface area contributed by atoms with Crippen LogP contribution in [0.5, 0.6) is 0 Å². The van der Waals surface area contributed by atoms with Gasteiger partial charge in [0.25, 0.3) is 0 Å². The Balaban J connectivity index is 1.77. The van der Waals surface area contributed by atoms with Gasteiger partial charge in [-0.15, -0.1) is 0 Å². The highest BCUT2D eigenvalue weighted by molar-refractivity contribution is 5.65. The number of halogens is 1. The lowest BCUT2D eigenvalue weighted by Crippen LogP contribution is -2.47. The van der Waals surface area contributed by atoms with Gasteiger partial charge in [-0.25, -0.2) is 19.7 Å². The topological polar surface area (TPSA) is 91.2 Å². The predicted octanol–water partition coefficient (Wildman–Crippen LogP) is 2.48. The fourth-order valence-corrected chi connectivity index (χ4v) is 2.95. The average Bonchev–Trinajstić information content (AvgIpc) is 2.55. The summed E-state index contributed by atoms with van der Waals surface area (Å²) in [5.41, 5.74) is 0.726. The van der Waals surface area contributed by atoms with Crippen molar-refractivity contribution in [3.05, 3.63) is 36.5 Å². The maximum atomic E-state index is 13.8. The van der Waals surface area contributed by atoms with Crippen LogP contribution < -0.4 is 5.32 Å². The second kappa shape index (κ2) is 6.77. The number of aromatic nitrogens is 3. The van der Waals surface area contributed by atoms with E-state index in [1.165, 1.54) is 11.1 Å². The fourth-order valence-electron chi connectivity index (χ4n) is 2.95. The monoisotopic (exact) mass is 331 g/mol. The normalized spacial score (nSPS) is 20.7. The minimum Gasteiger partial charge on any atom is -0.465 e. The number of rotatable bonds is 3. The molecule has 2 atom stereocenters. The van der Waals surface area contributed by atoms with Crippen LogP contribution in [-0.4, -0.2) is 50.2 Å². The first-order chi connectivity index (χ1) is 11.5. The summed E-state index contributed by atoms with van der Waals surface area (Å²) in [7, 11) is 0. The molecule has 8 heteroatoms. The molecule has 2 unspecified atom stereocenters. The van der Waals surface area contributed by atoms with Crippen molar-refractivity contribution in [1.82, 2.24) is 19.9 Å². The molecule has 3 rings (SSSR count).